The molecule has 3 nitrogen and oxygen atoms in total. The molecule has 0 unspecified atom stereocenters. The van der Waals surface area contributed by atoms with E-state index in [-0.39, 0.29) is 0 Å². The number of rotatable bonds is 2. The maximum Gasteiger partial charge on any atom is 0.144 e. The van der Waals surface area contributed by atoms with Crippen LogP contribution in [0, 0.1) is 0 Å². The van der Waals surface area contributed by atoms with E-state index in [2.05, 4.69) is 10.4 Å². The van der Waals surface area contributed by atoms with E-state index >= 15 is 0 Å². The van der Waals surface area contributed by atoms with E-state index in [1.54, 1.807) is 6.07 Å². The second-order valence-corrected chi connectivity index (χ2v) is 4.95. The van der Waals surface area contributed by atoms with Crippen LogP contribution in [0.5, 0.6) is 0 Å². The van der Waals surface area contributed by atoms with Crippen LogP contribution in [0.4, 0.5) is 0 Å². The van der Waals surface area contributed by atoms with Crippen molar-refractivity contribution in [3.05, 3.63) is 33.8 Å². The van der Waals surface area contributed by atoms with Gasteiger partial charge < -0.3 is 5.43 Å². The lowest BCUT2D eigenvalue weighted by molar-refractivity contribution is 0.701. The Hall–Kier alpha value is -0.770. The molecule has 0 aliphatic heterocycles. The molecule has 1 aromatic carbocycles. The van der Waals surface area contributed by atoms with Gasteiger partial charge in [0.25, 0.3) is 0 Å². The molecule has 5 heteroatoms. The molecule has 0 atom stereocenters. The van der Waals surface area contributed by atoms with Crippen LogP contribution in [-0.2, 0) is 0 Å². The number of nitrogens with two attached hydrogens (primary N) is 1. The second kappa shape index (κ2) is 5.71. The number of benzene rings is 1. The molecule has 0 spiro atoms. The van der Waals surface area contributed by atoms with Gasteiger partial charge in [-0.3, -0.25) is 4.99 Å². The predicted octanol–water partition coefficient (Wildman–Crippen LogP) is 3.15. The molecule has 92 valence electrons. The third-order valence-corrected chi connectivity index (χ3v) is 3.80. The van der Waals surface area contributed by atoms with Gasteiger partial charge in [-0.15, -0.1) is 0 Å². The molecule has 0 saturated heterocycles. The predicted molar refractivity (Wildman–Crippen MR) is 72.6 cm³/mol. The van der Waals surface area contributed by atoms with E-state index in [1.165, 1.54) is 12.8 Å². The van der Waals surface area contributed by atoms with Crippen molar-refractivity contribution in [2.24, 2.45) is 10.8 Å². The Balaban J connectivity index is 2.31. The number of hydrogen-bond donors (Lipinski definition) is 2. The molecular formula is C12H15Cl2N3. The second-order valence-electron chi connectivity index (χ2n) is 4.16. The van der Waals surface area contributed by atoms with Gasteiger partial charge in [0.05, 0.1) is 16.1 Å². The largest absolute Gasteiger partial charge is 0.308 e. The summed E-state index contributed by atoms with van der Waals surface area (Å²) < 4.78 is 0. The molecule has 0 aromatic heterocycles. The Morgan fingerprint density at radius 2 is 2.00 bits per heavy atom. The molecule has 1 fully saturated rings. The zero-order chi connectivity index (χ0) is 12.3. The van der Waals surface area contributed by atoms with Crippen LogP contribution >= 0.6 is 23.2 Å². The van der Waals surface area contributed by atoms with Crippen molar-refractivity contribution in [2.75, 3.05) is 0 Å². The number of nitrogens with zero attached hydrogens (tertiary/aromatic N) is 1. The van der Waals surface area contributed by atoms with E-state index in [0.717, 1.165) is 18.4 Å². The standard InChI is InChI=1S/C12H15Cl2N3/c13-10-7-3-6-9(11(10)14)12(17-15)16-8-4-1-2-5-8/h3,6-8H,1-2,4-5,15H2,(H,16,17). The molecule has 1 aromatic rings. The van der Waals surface area contributed by atoms with Crippen molar-refractivity contribution < 1.29 is 0 Å². The van der Waals surface area contributed by atoms with Crippen molar-refractivity contribution in [3.8, 4) is 0 Å². The van der Waals surface area contributed by atoms with Gasteiger partial charge in [-0.2, -0.15) is 0 Å². The summed E-state index contributed by atoms with van der Waals surface area (Å²) in [5.41, 5.74) is 3.38. The number of hydrazine groups is 1. The van der Waals surface area contributed by atoms with E-state index in [1.807, 2.05) is 12.1 Å². The van der Waals surface area contributed by atoms with Gasteiger partial charge in [-0.05, 0) is 25.0 Å². The van der Waals surface area contributed by atoms with Crippen molar-refractivity contribution in [1.29, 1.82) is 0 Å². The van der Waals surface area contributed by atoms with Crippen LogP contribution in [0.1, 0.15) is 31.2 Å². The highest BCUT2D eigenvalue weighted by Crippen LogP contribution is 2.27. The number of halogens is 2. The molecule has 0 radical (unpaired) electrons. The number of nitrogens with one attached hydrogen (secondary N) is 1. The summed E-state index contributed by atoms with van der Waals surface area (Å²) in [5.74, 6) is 6.13. The monoisotopic (exact) mass is 271 g/mol. The summed E-state index contributed by atoms with van der Waals surface area (Å²) in [6.45, 7) is 0. The quantitative estimate of drug-likeness (QED) is 0.376. The van der Waals surface area contributed by atoms with Crippen LogP contribution in [0.25, 0.3) is 0 Å². The van der Waals surface area contributed by atoms with Crippen LogP contribution in [0.2, 0.25) is 10.0 Å². The Labute approximate surface area is 111 Å². The third-order valence-electron chi connectivity index (χ3n) is 2.98. The van der Waals surface area contributed by atoms with Gasteiger partial charge in [-0.1, -0.05) is 42.1 Å². The van der Waals surface area contributed by atoms with Gasteiger partial charge in [0, 0.05) is 5.56 Å². The summed E-state index contributed by atoms with van der Waals surface area (Å²) in [7, 11) is 0. The highest BCUT2D eigenvalue weighted by molar-refractivity contribution is 6.44. The van der Waals surface area contributed by atoms with Gasteiger partial charge in [0.1, 0.15) is 5.84 Å². The number of hydrogen-bond acceptors (Lipinski definition) is 2. The molecule has 2 rings (SSSR count). The highest BCUT2D eigenvalue weighted by atomic mass is 35.5. The number of aliphatic imine (C=N–C) groups is 1. The van der Waals surface area contributed by atoms with Crippen molar-refractivity contribution in [1.82, 2.24) is 5.43 Å². The first kappa shape index (κ1) is 12.7. The van der Waals surface area contributed by atoms with Crippen LogP contribution in [0.15, 0.2) is 23.2 Å². The molecule has 1 aliphatic carbocycles. The lowest BCUT2D eigenvalue weighted by atomic mass is 10.2. The maximum atomic E-state index is 6.14. The smallest absolute Gasteiger partial charge is 0.144 e. The normalized spacial score (nSPS) is 17.5. The van der Waals surface area contributed by atoms with Crippen molar-refractivity contribution in [2.45, 2.75) is 31.7 Å². The summed E-state index contributed by atoms with van der Waals surface area (Å²) in [6, 6.07) is 5.79. The molecule has 1 saturated carbocycles. The SMILES string of the molecule is NNC(=NC1CCCC1)c1cccc(Cl)c1Cl. The summed E-state index contributed by atoms with van der Waals surface area (Å²) >= 11 is 12.1. The average Bonchev–Trinajstić information content (AvgIpc) is 2.83. The van der Waals surface area contributed by atoms with Gasteiger partial charge in [-0.25, -0.2) is 5.84 Å². The summed E-state index contributed by atoms with van der Waals surface area (Å²) in [5, 5.41) is 1.00. The zero-order valence-corrected chi connectivity index (χ0v) is 10.9. The Morgan fingerprint density at radius 3 is 2.65 bits per heavy atom. The number of amidine groups is 1. The average molecular weight is 272 g/mol. The fraction of sp³-hybridized carbons (Fsp3) is 0.417. The molecular weight excluding hydrogens is 257 g/mol. The van der Waals surface area contributed by atoms with Crippen LogP contribution < -0.4 is 11.3 Å². The summed E-state index contributed by atoms with van der Waals surface area (Å²) in [4.78, 5) is 4.60. The van der Waals surface area contributed by atoms with Crippen molar-refractivity contribution in [3.63, 3.8) is 0 Å². The third kappa shape index (κ3) is 2.92. The lowest BCUT2D eigenvalue weighted by Crippen LogP contribution is -2.32. The molecule has 0 bridgehead atoms. The first-order chi connectivity index (χ1) is 8.22. The molecule has 1 aliphatic rings. The van der Waals surface area contributed by atoms with Gasteiger partial charge in [0.2, 0.25) is 0 Å². The van der Waals surface area contributed by atoms with Crippen molar-refractivity contribution >= 4 is 29.0 Å². The molecule has 17 heavy (non-hydrogen) atoms. The van der Waals surface area contributed by atoms with E-state index < -0.39 is 0 Å². The van der Waals surface area contributed by atoms with Gasteiger partial charge in [0.15, 0.2) is 0 Å². The van der Waals surface area contributed by atoms with Crippen LogP contribution in [0.3, 0.4) is 0 Å². The molecule has 3 N–H and O–H groups in total. The van der Waals surface area contributed by atoms with Gasteiger partial charge >= 0.3 is 0 Å². The van der Waals surface area contributed by atoms with E-state index in [9.17, 15) is 0 Å². The Bertz CT molecular complexity index is 426. The fourth-order valence-corrected chi connectivity index (χ4v) is 2.48. The minimum atomic E-state index is 0.344. The minimum Gasteiger partial charge on any atom is -0.308 e. The fourth-order valence-electron chi connectivity index (χ4n) is 2.09. The molecule has 0 amide bonds. The van der Waals surface area contributed by atoms with E-state index in [0.29, 0.717) is 21.9 Å². The maximum absolute atomic E-state index is 6.14. The van der Waals surface area contributed by atoms with E-state index in [4.69, 9.17) is 29.0 Å². The topological polar surface area (TPSA) is 50.4 Å². The minimum absolute atomic E-state index is 0.344. The first-order valence-electron chi connectivity index (χ1n) is 5.71. The Morgan fingerprint density at radius 1 is 1.29 bits per heavy atom. The summed E-state index contributed by atoms with van der Waals surface area (Å²) in [6.07, 6.45) is 4.69. The van der Waals surface area contributed by atoms with Crippen LogP contribution in [-0.4, -0.2) is 11.9 Å². The highest BCUT2D eigenvalue weighted by Gasteiger charge is 2.16. The zero-order valence-electron chi connectivity index (χ0n) is 9.42. The molecule has 0 heterocycles. The Kier molecular flexibility index (Phi) is 4.26. The first-order valence-corrected chi connectivity index (χ1v) is 6.46. The lowest BCUT2D eigenvalue weighted by Gasteiger charge is -2.11.